The van der Waals surface area contributed by atoms with Crippen LogP contribution in [0.5, 0.6) is 0 Å². The van der Waals surface area contributed by atoms with E-state index in [1.165, 1.54) is 12.3 Å². The van der Waals surface area contributed by atoms with Crippen molar-refractivity contribution in [1.82, 2.24) is 14.8 Å². The minimum atomic E-state index is -0.811. The lowest BCUT2D eigenvalue weighted by molar-refractivity contribution is -0.130. The van der Waals surface area contributed by atoms with E-state index in [2.05, 4.69) is 10.6 Å². The summed E-state index contributed by atoms with van der Waals surface area (Å²) in [4.78, 5) is 51.6. The van der Waals surface area contributed by atoms with Crippen LogP contribution in [0.3, 0.4) is 0 Å². The standard InChI is InChI=1S/C27H22N4O5/c1-17-8-10-19(11-9-17)28-24(32)16-30-14-18(21-6-2-3-7-23(21)30)13-22-25(33)29-27(35)31(26(22)34)15-20-5-4-12-36-20/h2-14H,15-16H2,1H3,(H,28,32)(H,29,33,35). The third-order valence-electron chi connectivity index (χ3n) is 5.85. The van der Waals surface area contributed by atoms with Crippen LogP contribution in [0.25, 0.3) is 17.0 Å². The number of furan rings is 1. The van der Waals surface area contributed by atoms with Crippen molar-refractivity contribution in [2.75, 3.05) is 5.32 Å². The molecule has 0 radical (unpaired) electrons. The summed E-state index contributed by atoms with van der Waals surface area (Å²) in [5.74, 6) is -1.33. The molecular weight excluding hydrogens is 460 g/mol. The molecule has 5 rings (SSSR count). The molecule has 1 saturated heterocycles. The summed E-state index contributed by atoms with van der Waals surface area (Å²) in [6.07, 6.45) is 4.59. The van der Waals surface area contributed by atoms with Crippen molar-refractivity contribution in [3.63, 3.8) is 0 Å². The minimum absolute atomic E-state index is 0.0286. The zero-order chi connectivity index (χ0) is 25.2. The average Bonchev–Trinajstić information content (AvgIpc) is 3.49. The van der Waals surface area contributed by atoms with Crippen LogP contribution in [0.1, 0.15) is 16.9 Å². The zero-order valence-corrected chi connectivity index (χ0v) is 19.4. The van der Waals surface area contributed by atoms with E-state index in [1.807, 2.05) is 55.5 Å². The third-order valence-corrected chi connectivity index (χ3v) is 5.85. The molecule has 1 fully saturated rings. The van der Waals surface area contributed by atoms with Gasteiger partial charge in [-0.3, -0.25) is 24.6 Å². The van der Waals surface area contributed by atoms with Gasteiger partial charge in [0.15, 0.2) is 0 Å². The predicted molar refractivity (Wildman–Crippen MR) is 133 cm³/mol. The number of hydrogen-bond donors (Lipinski definition) is 2. The van der Waals surface area contributed by atoms with Crippen molar-refractivity contribution in [1.29, 1.82) is 0 Å². The molecule has 2 N–H and O–H groups in total. The first-order valence-electron chi connectivity index (χ1n) is 11.2. The number of barbiturate groups is 1. The Kier molecular flexibility index (Phi) is 5.95. The van der Waals surface area contributed by atoms with Crippen LogP contribution in [0.15, 0.2) is 83.1 Å². The summed E-state index contributed by atoms with van der Waals surface area (Å²) in [5.41, 5.74) is 2.92. The predicted octanol–water partition coefficient (Wildman–Crippen LogP) is 3.84. The molecule has 1 aliphatic rings. The second-order valence-corrected chi connectivity index (χ2v) is 8.43. The summed E-state index contributed by atoms with van der Waals surface area (Å²) < 4.78 is 6.99. The highest BCUT2D eigenvalue weighted by Gasteiger charge is 2.36. The normalized spacial score (nSPS) is 15.0. The molecule has 2 aromatic carbocycles. The van der Waals surface area contributed by atoms with E-state index < -0.39 is 17.8 Å². The van der Waals surface area contributed by atoms with Gasteiger partial charge in [0.2, 0.25) is 5.91 Å². The van der Waals surface area contributed by atoms with E-state index in [0.29, 0.717) is 17.0 Å². The van der Waals surface area contributed by atoms with E-state index in [-0.39, 0.29) is 24.6 Å². The SMILES string of the molecule is Cc1ccc(NC(=O)Cn2cc(C=C3C(=O)NC(=O)N(Cc4ccco4)C3=O)c3ccccc32)cc1. The number of benzene rings is 2. The topological polar surface area (TPSA) is 114 Å². The Labute approximate surface area is 206 Å². The lowest BCUT2D eigenvalue weighted by Gasteiger charge is -2.25. The second-order valence-electron chi connectivity index (χ2n) is 8.43. The number of carbonyl (C=O) groups is 4. The minimum Gasteiger partial charge on any atom is -0.467 e. The van der Waals surface area contributed by atoms with E-state index in [4.69, 9.17) is 4.42 Å². The van der Waals surface area contributed by atoms with Crippen LogP contribution in [-0.2, 0) is 27.5 Å². The van der Waals surface area contributed by atoms with Crippen LogP contribution < -0.4 is 10.6 Å². The van der Waals surface area contributed by atoms with Crippen molar-refractivity contribution >= 4 is 46.4 Å². The number of nitrogens with zero attached hydrogens (tertiary/aromatic N) is 2. The molecule has 0 spiro atoms. The van der Waals surface area contributed by atoms with Gasteiger partial charge in [0.1, 0.15) is 17.9 Å². The fraction of sp³-hybridized carbons (Fsp3) is 0.111. The Morgan fingerprint density at radius 3 is 2.56 bits per heavy atom. The maximum absolute atomic E-state index is 13.1. The molecule has 36 heavy (non-hydrogen) atoms. The number of nitrogens with one attached hydrogen (secondary N) is 2. The van der Waals surface area contributed by atoms with Gasteiger partial charge < -0.3 is 14.3 Å². The number of imide groups is 2. The number of aryl methyl sites for hydroxylation is 1. The highest BCUT2D eigenvalue weighted by atomic mass is 16.3. The smallest absolute Gasteiger partial charge is 0.331 e. The maximum atomic E-state index is 13.1. The summed E-state index contributed by atoms with van der Waals surface area (Å²) >= 11 is 0. The largest absolute Gasteiger partial charge is 0.467 e. The molecular formula is C27H22N4O5. The van der Waals surface area contributed by atoms with Gasteiger partial charge in [0.05, 0.1) is 12.8 Å². The van der Waals surface area contributed by atoms with Crippen molar-refractivity contribution in [2.45, 2.75) is 20.0 Å². The summed E-state index contributed by atoms with van der Waals surface area (Å²) in [7, 11) is 0. The molecule has 0 saturated carbocycles. The number of anilines is 1. The summed E-state index contributed by atoms with van der Waals surface area (Å²) in [6.45, 7) is 1.89. The van der Waals surface area contributed by atoms with Crippen molar-refractivity contribution in [2.24, 2.45) is 0 Å². The molecule has 0 atom stereocenters. The monoisotopic (exact) mass is 482 g/mol. The van der Waals surface area contributed by atoms with Crippen molar-refractivity contribution < 1.29 is 23.6 Å². The third kappa shape index (κ3) is 4.54. The molecule has 1 aliphatic heterocycles. The second kappa shape index (κ2) is 9.38. The molecule has 2 aromatic heterocycles. The Morgan fingerprint density at radius 2 is 1.81 bits per heavy atom. The number of amides is 5. The van der Waals surface area contributed by atoms with Crippen LogP contribution >= 0.6 is 0 Å². The van der Waals surface area contributed by atoms with Gasteiger partial charge in [0, 0.05) is 28.4 Å². The van der Waals surface area contributed by atoms with Gasteiger partial charge in [-0.25, -0.2) is 4.79 Å². The van der Waals surface area contributed by atoms with Crippen molar-refractivity contribution in [3.05, 3.63) is 95.6 Å². The Balaban J connectivity index is 1.44. The number of hydrogen-bond acceptors (Lipinski definition) is 5. The molecule has 9 heteroatoms. The molecule has 180 valence electrons. The van der Waals surface area contributed by atoms with Gasteiger partial charge in [-0.05, 0) is 43.3 Å². The lowest BCUT2D eigenvalue weighted by atomic mass is 10.1. The fourth-order valence-corrected chi connectivity index (χ4v) is 4.06. The van der Waals surface area contributed by atoms with E-state index >= 15 is 0 Å². The molecule has 0 bridgehead atoms. The Bertz CT molecular complexity index is 1510. The van der Waals surface area contributed by atoms with E-state index in [9.17, 15) is 19.2 Å². The zero-order valence-electron chi connectivity index (χ0n) is 19.4. The van der Waals surface area contributed by atoms with Crippen LogP contribution in [0, 0.1) is 6.92 Å². The number of fused-ring (bicyclic) bond motifs is 1. The highest BCUT2D eigenvalue weighted by Crippen LogP contribution is 2.25. The first-order valence-corrected chi connectivity index (χ1v) is 11.2. The van der Waals surface area contributed by atoms with Crippen molar-refractivity contribution in [3.8, 4) is 0 Å². The maximum Gasteiger partial charge on any atom is 0.331 e. The first-order chi connectivity index (χ1) is 17.4. The number of aromatic nitrogens is 1. The van der Waals surface area contributed by atoms with Gasteiger partial charge in [-0.15, -0.1) is 0 Å². The molecule has 0 aliphatic carbocycles. The average molecular weight is 482 g/mol. The molecule has 3 heterocycles. The summed E-state index contributed by atoms with van der Waals surface area (Å²) in [6, 6.07) is 17.3. The van der Waals surface area contributed by atoms with Crippen LogP contribution in [0.4, 0.5) is 10.5 Å². The van der Waals surface area contributed by atoms with Crippen LogP contribution in [0.2, 0.25) is 0 Å². The van der Waals surface area contributed by atoms with Gasteiger partial charge in [0.25, 0.3) is 11.8 Å². The van der Waals surface area contributed by atoms with Crippen LogP contribution in [-0.4, -0.2) is 33.2 Å². The highest BCUT2D eigenvalue weighted by molar-refractivity contribution is 6.31. The first kappa shape index (κ1) is 22.9. The summed E-state index contributed by atoms with van der Waals surface area (Å²) in [5, 5.41) is 5.83. The van der Waals surface area contributed by atoms with E-state index in [1.54, 1.807) is 22.9 Å². The molecule has 5 amide bonds. The molecule has 0 unspecified atom stereocenters. The molecule has 9 nitrogen and oxygen atoms in total. The Morgan fingerprint density at radius 1 is 1.03 bits per heavy atom. The molecule has 4 aromatic rings. The van der Waals surface area contributed by atoms with Gasteiger partial charge >= 0.3 is 6.03 Å². The van der Waals surface area contributed by atoms with E-state index in [0.717, 1.165) is 21.4 Å². The number of urea groups is 1. The number of carbonyl (C=O) groups excluding carboxylic acids is 4. The Hall–Kier alpha value is -4.92. The lowest BCUT2D eigenvalue weighted by Crippen LogP contribution is -2.53. The fourth-order valence-electron chi connectivity index (χ4n) is 4.06. The quantitative estimate of drug-likeness (QED) is 0.320. The van der Waals surface area contributed by atoms with Gasteiger partial charge in [-0.1, -0.05) is 35.9 Å². The number of para-hydroxylation sites is 1. The number of rotatable bonds is 6. The van der Waals surface area contributed by atoms with Gasteiger partial charge in [-0.2, -0.15) is 0 Å².